The molecule has 1 fully saturated rings. The Bertz CT molecular complexity index is 554. The van der Waals surface area contributed by atoms with Crippen molar-refractivity contribution in [3.05, 3.63) is 18.1 Å². The van der Waals surface area contributed by atoms with Crippen molar-refractivity contribution in [1.29, 1.82) is 5.41 Å². The van der Waals surface area contributed by atoms with E-state index in [1.165, 1.54) is 12.4 Å². The van der Waals surface area contributed by atoms with Crippen LogP contribution in [0.25, 0.3) is 0 Å². The van der Waals surface area contributed by atoms with Crippen molar-refractivity contribution in [3.8, 4) is 0 Å². The second-order valence-corrected chi connectivity index (χ2v) is 6.57. The Balaban J connectivity index is 2.14. The first-order valence-corrected chi connectivity index (χ1v) is 7.31. The average Bonchev–Trinajstić information content (AvgIpc) is 2.69. The van der Waals surface area contributed by atoms with Crippen molar-refractivity contribution in [3.63, 3.8) is 0 Å². The van der Waals surface area contributed by atoms with Gasteiger partial charge >= 0.3 is 0 Å². The van der Waals surface area contributed by atoms with E-state index in [1.807, 2.05) is 4.90 Å². The highest BCUT2D eigenvalue weighted by Gasteiger charge is 2.31. The Morgan fingerprint density at radius 3 is 2.67 bits per heavy atom. The number of hydrogen-bond donors (Lipinski definition) is 2. The molecule has 0 aliphatic carbocycles. The fraction of sp³-hybridized carbons (Fsp3) is 0.500. The van der Waals surface area contributed by atoms with Crippen LogP contribution in [-0.4, -0.2) is 48.8 Å². The molecule has 2 heterocycles. The van der Waals surface area contributed by atoms with E-state index in [1.54, 1.807) is 7.05 Å². The highest BCUT2D eigenvalue weighted by molar-refractivity contribution is 7.91. The van der Waals surface area contributed by atoms with Crippen molar-refractivity contribution in [2.45, 2.75) is 12.5 Å². The van der Waals surface area contributed by atoms with Crippen molar-refractivity contribution in [2.75, 3.05) is 23.5 Å². The maximum Gasteiger partial charge on any atom is 0.152 e. The number of anilines is 1. The first-order chi connectivity index (χ1) is 8.39. The van der Waals surface area contributed by atoms with E-state index < -0.39 is 9.84 Å². The number of rotatable bonds is 3. The molecular formula is C10H15N5O2S. The quantitative estimate of drug-likeness (QED) is 0.558. The van der Waals surface area contributed by atoms with Gasteiger partial charge in [-0.1, -0.05) is 0 Å². The summed E-state index contributed by atoms with van der Waals surface area (Å²) in [6.45, 7) is 0. The van der Waals surface area contributed by atoms with Crippen LogP contribution in [0.4, 0.5) is 5.82 Å². The minimum absolute atomic E-state index is 0.0625. The maximum absolute atomic E-state index is 11.4. The second-order valence-electron chi connectivity index (χ2n) is 4.34. The molecule has 2 rings (SSSR count). The third-order valence-electron chi connectivity index (χ3n) is 3.03. The lowest BCUT2D eigenvalue weighted by molar-refractivity contribution is 0.600. The molecule has 1 atom stereocenters. The molecule has 1 aromatic heterocycles. The number of aromatic nitrogens is 2. The Labute approximate surface area is 105 Å². The number of sulfone groups is 1. The molecule has 0 radical (unpaired) electrons. The van der Waals surface area contributed by atoms with Gasteiger partial charge in [-0.15, -0.1) is 0 Å². The van der Waals surface area contributed by atoms with Gasteiger partial charge in [-0.3, -0.25) is 5.41 Å². The van der Waals surface area contributed by atoms with E-state index in [2.05, 4.69) is 9.97 Å². The Kier molecular flexibility index (Phi) is 3.20. The summed E-state index contributed by atoms with van der Waals surface area (Å²) < 4.78 is 22.8. The highest BCUT2D eigenvalue weighted by atomic mass is 32.2. The number of nitrogens with one attached hydrogen (secondary N) is 1. The zero-order chi connectivity index (χ0) is 13.3. The van der Waals surface area contributed by atoms with Crippen LogP contribution in [-0.2, 0) is 9.84 Å². The van der Waals surface area contributed by atoms with Crippen LogP contribution < -0.4 is 10.6 Å². The van der Waals surface area contributed by atoms with E-state index in [9.17, 15) is 8.42 Å². The zero-order valence-electron chi connectivity index (χ0n) is 10.00. The van der Waals surface area contributed by atoms with Gasteiger partial charge in [0, 0.05) is 13.1 Å². The predicted molar refractivity (Wildman–Crippen MR) is 68.5 cm³/mol. The molecule has 1 aliphatic heterocycles. The average molecular weight is 269 g/mol. The first kappa shape index (κ1) is 12.7. The summed E-state index contributed by atoms with van der Waals surface area (Å²) in [5.41, 5.74) is 5.60. The van der Waals surface area contributed by atoms with Crippen molar-refractivity contribution in [1.82, 2.24) is 9.97 Å². The monoisotopic (exact) mass is 269 g/mol. The van der Waals surface area contributed by atoms with Crippen molar-refractivity contribution >= 4 is 21.5 Å². The number of nitrogens with two attached hydrogens (primary N) is 1. The molecule has 0 saturated carbocycles. The predicted octanol–water partition coefficient (Wildman–Crippen LogP) is -0.616. The lowest BCUT2D eigenvalue weighted by atomic mass is 10.2. The summed E-state index contributed by atoms with van der Waals surface area (Å²) in [4.78, 5) is 9.95. The number of nitrogens with zero attached hydrogens (tertiary/aromatic N) is 3. The van der Waals surface area contributed by atoms with E-state index in [4.69, 9.17) is 11.1 Å². The summed E-state index contributed by atoms with van der Waals surface area (Å²) >= 11 is 0. The van der Waals surface area contributed by atoms with Gasteiger partial charge in [0.2, 0.25) is 0 Å². The smallest absolute Gasteiger partial charge is 0.152 e. The van der Waals surface area contributed by atoms with E-state index in [0.29, 0.717) is 17.9 Å². The molecule has 1 aromatic rings. The second kappa shape index (κ2) is 4.52. The number of nitrogen functional groups attached to an aromatic ring is 1. The lowest BCUT2D eigenvalue weighted by Gasteiger charge is -2.23. The highest BCUT2D eigenvalue weighted by Crippen LogP contribution is 2.20. The Morgan fingerprint density at radius 1 is 1.50 bits per heavy atom. The molecule has 1 unspecified atom stereocenters. The lowest BCUT2D eigenvalue weighted by Crippen LogP contribution is -2.33. The van der Waals surface area contributed by atoms with E-state index in [-0.39, 0.29) is 23.4 Å². The van der Waals surface area contributed by atoms with Crippen LogP contribution in [0.2, 0.25) is 0 Å². The summed E-state index contributed by atoms with van der Waals surface area (Å²) in [6.07, 6.45) is 3.52. The van der Waals surface area contributed by atoms with Gasteiger partial charge in [0.05, 0.1) is 23.9 Å². The minimum atomic E-state index is -2.91. The van der Waals surface area contributed by atoms with Crippen LogP contribution in [0.1, 0.15) is 12.1 Å². The van der Waals surface area contributed by atoms with Gasteiger partial charge in [-0.25, -0.2) is 18.4 Å². The van der Waals surface area contributed by atoms with Gasteiger partial charge in [0.25, 0.3) is 0 Å². The summed E-state index contributed by atoms with van der Waals surface area (Å²) in [5, 5.41) is 7.21. The number of hydrogen-bond acceptors (Lipinski definition) is 6. The molecular weight excluding hydrogens is 254 g/mol. The molecule has 3 N–H and O–H groups in total. The summed E-state index contributed by atoms with van der Waals surface area (Å²) in [6, 6.07) is -0.0625. The molecule has 8 heteroatoms. The van der Waals surface area contributed by atoms with Gasteiger partial charge < -0.3 is 10.6 Å². The van der Waals surface area contributed by atoms with E-state index in [0.717, 1.165) is 0 Å². The maximum atomic E-state index is 11.4. The molecule has 18 heavy (non-hydrogen) atoms. The van der Waals surface area contributed by atoms with Gasteiger partial charge in [0.15, 0.2) is 9.84 Å². The Morgan fingerprint density at radius 2 is 2.22 bits per heavy atom. The Hall–Kier alpha value is -1.70. The van der Waals surface area contributed by atoms with Crippen LogP contribution in [0, 0.1) is 5.41 Å². The van der Waals surface area contributed by atoms with Crippen LogP contribution in [0.15, 0.2) is 12.4 Å². The van der Waals surface area contributed by atoms with Crippen LogP contribution in [0.3, 0.4) is 0 Å². The number of amidine groups is 1. The SMILES string of the molecule is CN(c1cnc(C(=N)N)cn1)C1CCS(=O)(=O)C1. The molecule has 0 amide bonds. The largest absolute Gasteiger partial charge is 0.382 e. The van der Waals surface area contributed by atoms with Crippen molar-refractivity contribution < 1.29 is 8.42 Å². The molecule has 1 saturated heterocycles. The fourth-order valence-electron chi connectivity index (χ4n) is 1.91. The standard InChI is InChI=1S/C10H15N5O2S/c1-15(7-2-3-18(16,17)6-7)9-5-13-8(4-14-9)10(11)12/h4-5,7H,2-3,6H2,1H3,(H3,11,12). The van der Waals surface area contributed by atoms with Gasteiger partial charge in [-0.05, 0) is 6.42 Å². The normalized spacial score (nSPS) is 21.7. The van der Waals surface area contributed by atoms with Gasteiger partial charge in [-0.2, -0.15) is 0 Å². The van der Waals surface area contributed by atoms with Crippen molar-refractivity contribution in [2.24, 2.45) is 5.73 Å². The summed E-state index contributed by atoms with van der Waals surface area (Å²) in [7, 11) is -1.12. The molecule has 0 aromatic carbocycles. The van der Waals surface area contributed by atoms with Crippen LogP contribution in [0.5, 0.6) is 0 Å². The first-order valence-electron chi connectivity index (χ1n) is 5.49. The fourth-order valence-corrected chi connectivity index (χ4v) is 3.68. The molecule has 1 aliphatic rings. The minimum Gasteiger partial charge on any atom is -0.382 e. The van der Waals surface area contributed by atoms with Gasteiger partial charge in [0.1, 0.15) is 17.3 Å². The molecule has 0 spiro atoms. The molecule has 98 valence electrons. The van der Waals surface area contributed by atoms with E-state index >= 15 is 0 Å². The third kappa shape index (κ3) is 2.58. The molecule has 0 bridgehead atoms. The summed E-state index contributed by atoms with van der Waals surface area (Å²) in [5.74, 6) is 0.822. The third-order valence-corrected chi connectivity index (χ3v) is 4.78. The zero-order valence-corrected chi connectivity index (χ0v) is 10.8. The topological polar surface area (TPSA) is 113 Å². The molecule has 7 nitrogen and oxygen atoms in total. The van der Waals surface area contributed by atoms with Crippen LogP contribution >= 0.6 is 0 Å².